The standard InChI is InChI=1S/C18H17N3O2/c1-2-10-21-16(14-7-3-4-8-15(14)18(21)23)17(22)20-12-13-6-5-9-19-11-13/h2-9,11,16H,1,10,12H2,(H,20,22). The van der Waals surface area contributed by atoms with Gasteiger partial charge in [-0.25, -0.2) is 0 Å². The van der Waals surface area contributed by atoms with E-state index in [0.29, 0.717) is 18.7 Å². The van der Waals surface area contributed by atoms with Gasteiger partial charge in [0, 0.05) is 31.0 Å². The molecule has 0 aliphatic carbocycles. The number of benzene rings is 1. The minimum atomic E-state index is -0.617. The lowest BCUT2D eigenvalue weighted by atomic mass is 10.0. The van der Waals surface area contributed by atoms with Crippen molar-refractivity contribution in [1.29, 1.82) is 0 Å². The van der Waals surface area contributed by atoms with Crippen LogP contribution in [0.4, 0.5) is 0 Å². The number of carbonyl (C=O) groups is 2. The maximum Gasteiger partial charge on any atom is 0.255 e. The number of rotatable bonds is 5. The third-order valence-electron chi connectivity index (χ3n) is 3.82. The lowest BCUT2D eigenvalue weighted by molar-refractivity contribution is -0.125. The van der Waals surface area contributed by atoms with Crippen LogP contribution in [0.15, 0.2) is 61.4 Å². The molecule has 0 fully saturated rings. The van der Waals surface area contributed by atoms with E-state index in [1.807, 2.05) is 24.3 Å². The molecule has 2 heterocycles. The van der Waals surface area contributed by atoms with Gasteiger partial charge in [0.05, 0.1) is 0 Å². The van der Waals surface area contributed by atoms with E-state index in [-0.39, 0.29) is 11.8 Å². The lowest BCUT2D eigenvalue weighted by Gasteiger charge is -2.23. The molecule has 0 saturated carbocycles. The van der Waals surface area contributed by atoms with E-state index in [9.17, 15) is 9.59 Å². The number of fused-ring (bicyclic) bond motifs is 1. The van der Waals surface area contributed by atoms with Crippen LogP contribution in [0, 0.1) is 0 Å². The molecule has 1 aliphatic rings. The van der Waals surface area contributed by atoms with Gasteiger partial charge in [0.15, 0.2) is 0 Å². The molecule has 0 bridgehead atoms. The quantitative estimate of drug-likeness (QED) is 0.860. The smallest absolute Gasteiger partial charge is 0.255 e. The molecule has 1 unspecified atom stereocenters. The van der Waals surface area contributed by atoms with Gasteiger partial charge in [-0.1, -0.05) is 30.3 Å². The van der Waals surface area contributed by atoms with Crippen molar-refractivity contribution in [2.24, 2.45) is 0 Å². The van der Waals surface area contributed by atoms with Crippen LogP contribution in [-0.2, 0) is 11.3 Å². The summed E-state index contributed by atoms with van der Waals surface area (Å²) in [5, 5.41) is 2.88. The van der Waals surface area contributed by atoms with Gasteiger partial charge in [-0.2, -0.15) is 0 Å². The molecular weight excluding hydrogens is 290 g/mol. The van der Waals surface area contributed by atoms with Crippen LogP contribution < -0.4 is 5.32 Å². The van der Waals surface area contributed by atoms with E-state index in [1.165, 1.54) is 4.90 Å². The fourth-order valence-corrected chi connectivity index (χ4v) is 2.77. The summed E-state index contributed by atoms with van der Waals surface area (Å²) in [7, 11) is 0. The molecule has 1 N–H and O–H groups in total. The minimum absolute atomic E-state index is 0.137. The summed E-state index contributed by atoms with van der Waals surface area (Å²) in [6.45, 7) is 4.38. The van der Waals surface area contributed by atoms with Crippen LogP contribution in [0.25, 0.3) is 0 Å². The van der Waals surface area contributed by atoms with E-state index < -0.39 is 6.04 Å². The average molecular weight is 307 g/mol. The number of amides is 2. The van der Waals surface area contributed by atoms with Crippen molar-refractivity contribution < 1.29 is 9.59 Å². The van der Waals surface area contributed by atoms with E-state index in [4.69, 9.17) is 0 Å². The molecule has 1 aromatic carbocycles. The molecule has 5 nitrogen and oxygen atoms in total. The Hall–Kier alpha value is -2.95. The maximum absolute atomic E-state index is 12.7. The molecule has 1 aliphatic heterocycles. The predicted octanol–water partition coefficient (Wildman–Crippen LogP) is 2.08. The van der Waals surface area contributed by atoms with Gasteiger partial charge in [0.1, 0.15) is 6.04 Å². The number of hydrogen-bond acceptors (Lipinski definition) is 3. The van der Waals surface area contributed by atoms with Crippen LogP contribution in [-0.4, -0.2) is 28.2 Å². The predicted molar refractivity (Wildman–Crippen MR) is 86.5 cm³/mol. The van der Waals surface area contributed by atoms with Crippen molar-refractivity contribution in [3.05, 3.63) is 78.1 Å². The molecule has 5 heteroatoms. The highest BCUT2D eigenvalue weighted by Crippen LogP contribution is 2.33. The fraction of sp³-hybridized carbons (Fsp3) is 0.167. The number of nitrogens with one attached hydrogen (secondary N) is 1. The zero-order chi connectivity index (χ0) is 16.2. The van der Waals surface area contributed by atoms with Crippen molar-refractivity contribution >= 4 is 11.8 Å². The maximum atomic E-state index is 12.7. The van der Waals surface area contributed by atoms with Crippen molar-refractivity contribution in [2.45, 2.75) is 12.6 Å². The number of carbonyl (C=O) groups excluding carboxylic acids is 2. The summed E-state index contributed by atoms with van der Waals surface area (Å²) >= 11 is 0. The van der Waals surface area contributed by atoms with Gasteiger partial charge >= 0.3 is 0 Å². The zero-order valence-electron chi connectivity index (χ0n) is 12.6. The Balaban J connectivity index is 1.82. The summed E-state index contributed by atoms with van der Waals surface area (Å²) in [6.07, 6.45) is 5.02. The summed E-state index contributed by atoms with van der Waals surface area (Å²) in [5.74, 6) is -0.337. The number of pyridine rings is 1. The average Bonchev–Trinajstić information content (AvgIpc) is 2.87. The highest BCUT2D eigenvalue weighted by Gasteiger charge is 2.39. The summed E-state index contributed by atoms with van der Waals surface area (Å²) in [4.78, 5) is 30.7. The van der Waals surface area contributed by atoms with E-state index in [1.54, 1.807) is 30.6 Å². The van der Waals surface area contributed by atoms with Gasteiger partial charge in [-0.15, -0.1) is 6.58 Å². The van der Waals surface area contributed by atoms with Crippen molar-refractivity contribution in [3.63, 3.8) is 0 Å². The molecule has 0 radical (unpaired) electrons. The second-order valence-electron chi connectivity index (χ2n) is 5.32. The third kappa shape index (κ3) is 2.85. The summed E-state index contributed by atoms with van der Waals surface area (Å²) in [5.41, 5.74) is 2.23. The largest absolute Gasteiger partial charge is 0.350 e. The topological polar surface area (TPSA) is 62.3 Å². The zero-order valence-corrected chi connectivity index (χ0v) is 12.6. The van der Waals surface area contributed by atoms with Crippen molar-refractivity contribution in [1.82, 2.24) is 15.2 Å². The third-order valence-corrected chi connectivity index (χ3v) is 3.82. The number of aromatic nitrogens is 1. The molecule has 2 amide bonds. The molecule has 0 saturated heterocycles. The van der Waals surface area contributed by atoms with Crippen LogP contribution in [0.5, 0.6) is 0 Å². The van der Waals surface area contributed by atoms with Crippen molar-refractivity contribution in [3.8, 4) is 0 Å². The van der Waals surface area contributed by atoms with Gasteiger partial charge < -0.3 is 10.2 Å². The molecule has 23 heavy (non-hydrogen) atoms. The van der Waals surface area contributed by atoms with Gasteiger partial charge in [0.2, 0.25) is 5.91 Å². The minimum Gasteiger partial charge on any atom is -0.350 e. The van der Waals surface area contributed by atoms with E-state index in [0.717, 1.165) is 11.1 Å². The first-order valence-corrected chi connectivity index (χ1v) is 7.40. The number of nitrogens with zero attached hydrogens (tertiary/aromatic N) is 2. The first-order valence-electron chi connectivity index (χ1n) is 7.40. The second kappa shape index (κ2) is 6.44. The molecule has 0 spiro atoms. The highest BCUT2D eigenvalue weighted by molar-refractivity contribution is 6.04. The summed E-state index contributed by atoms with van der Waals surface area (Å²) < 4.78 is 0. The normalized spacial score (nSPS) is 16.1. The van der Waals surface area contributed by atoms with Crippen molar-refractivity contribution in [2.75, 3.05) is 6.54 Å². The Bertz CT molecular complexity index is 743. The molecule has 2 aromatic rings. The highest BCUT2D eigenvalue weighted by atomic mass is 16.2. The molecule has 3 rings (SSSR count). The molecule has 116 valence electrons. The first-order chi connectivity index (χ1) is 11.2. The van der Waals surface area contributed by atoms with Gasteiger partial charge in [-0.3, -0.25) is 14.6 Å². The Morgan fingerprint density at radius 1 is 1.30 bits per heavy atom. The van der Waals surface area contributed by atoms with Crippen LogP contribution in [0.2, 0.25) is 0 Å². The van der Waals surface area contributed by atoms with Crippen LogP contribution in [0.1, 0.15) is 27.5 Å². The Morgan fingerprint density at radius 3 is 2.87 bits per heavy atom. The SMILES string of the molecule is C=CCN1C(=O)c2ccccc2C1C(=O)NCc1cccnc1. The molecule has 1 aromatic heterocycles. The van der Waals surface area contributed by atoms with Gasteiger partial charge in [0.25, 0.3) is 5.91 Å². The Kier molecular flexibility index (Phi) is 4.19. The number of hydrogen-bond donors (Lipinski definition) is 1. The lowest BCUT2D eigenvalue weighted by Crippen LogP contribution is -2.39. The second-order valence-corrected chi connectivity index (χ2v) is 5.32. The molecule has 1 atom stereocenters. The molecular formula is C18H17N3O2. The first kappa shape index (κ1) is 15.0. The van der Waals surface area contributed by atoms with Crippen LogP contribution >= 0.6 is 0 Å². The van der Waals surface area contributed by atoms with Gasteiger partial charge in [-0.05, 0) is 23.3 Å². The van der Waals surface area contributed by atoms with E-state index in [2.05, 4.69) is 16.9 Å². The van der Waals surface area contributed by atoms with E-state index >= 15 is 0 Å². The Morgan fingerprint density at radius 2 is 2.13 bits per heavy atom. The fourth-order valence-electron chi connectivity index (χ4n) is 2.77. The van der Waals surface area contributed by atoms with Crippen LogP contribution in [0.3, 0.4) is 0 Å². The Labute approximate surface area is 134 Å². The monoisotopic (exact) mass is 307 g/mol. The summed E-state index contributed by atoms with van der Waals surface area (Å²) in [6, 6.07) is 10.3.